The van der Waals surface area contributed by atoms with Crippen molar-refractivity contribution >= 4 is 11.8 Å². The SMILES string of the molecule is CCC[C@@H](C)Nc1cc(Cc2ccc(OCCNC)cc2)nc(N)n1. The maximum atomic E-state index is 5.87. The Kier molecular flexibility index (Phi) is 7.47. The van der Waals surface area contributed by atoms with E-state index in [4.69, 9.17) is 10.5 Å². The van der Waals surface area contributed by atoms with Gasteiger partial charge in [0.25, 0.3) is 0 Å². The first kappa shape index (κ1) is 19.0. The van der Waals surface area contributed by atoms with Crippen LogP contribution in [0.15, 0.2) is 30.3 Å². The Morgan fingerprint density at radius 3 is 2.64 bits per heavy atom. The number of aromatic nitrogens is 2. The molecule has 0 saturated carbocycles. The smallest absolute Gasteiger partial charge is 0.222 e. The molecule has 2 rings (SSSR count). The number of ether oxygens (including phenoxy) is 1. The molecule has 0 amide bonds. The summed E-state index contributed by atoms with van der Waals surface area (Å²) in [5.41, 5.74) is 7.93. The molecule has 25 heavy (non-hydrogen) atoms. The monoisotopic (exact) mass is 343 g/mol. The van der Waals surface area contributed by atoms with Crippen LogP contribution in [-0.4, -0.2) is 36.2 Å². The van der Waals surface area contributed by atoms with Gasteiger partial charge in [-0.15, -0.1) is 0 Å². The van der Waals surface area contributed by atoms with E-state index < -0.39 is 0 Å². The number of anilines is 2. The van der Waals surface area contributed by atoms with Gasteiger partial charge in [-0.3, -0.25) is 0 Å². The second kappa shape index (κ2) is 9.84. The first-order valence-corrected chi connectivity index (χ1v) is 8.87. The minimum Gasteiger partial charge on any atom is -0.492 e. The van der Waals surface area contributed by atoms with Crippen LogP contribution < -0.4 is 21.1 Å². The molecule has 0 unspecified atom stereocenters. The topological polar surface area (TPSA) is 85.1 Å². The summed E-state index contributed by atoms with van der Waals surface area (Å²) in [6.45, 7) is 5.80. The molecular formula is C19H29N5O. The molecule has 1 aromatic carbocycles. The summed E-state index contributed by atoms with van der Waals surface area (Å²) >= 11 is 0. The highest BCUT2D eigenvalue weighted by Crippen LogP contribution is 2.17. The van der Waals surface area contributed by atoms with Gasteiger partial charge in [-0.25, -0.2) is 4.98 Å². The van der Waals surface area contributed by atoms with E-state index in [1.165, 1.54) is 0 Å². The Balaban J connectivity index is 2.00. The molecule has 6 heteroatoms. The van der Waals surface area contributed by atoms with Crippen LogP contribution in [0.5, 0.6) is 5.75 Å². The van der Waals surface area contributed by atoms with E-state index in [2.05, 4.69) is 46.6 Å². The summed E-state index contributed by atoms with van der Waals surface area (Å²) in [5, 5.41) is 6.45. The van der Waals surface area contributed by atoms with Crippen molar-refractivity contribution < 1.29 is 4.74 Å². The second-order valence-corrected chi connectivity index (χ2v) is 6.21. The van der Waals surface area contributed by atoms with E-state index in [1.54, 1.807) is 0 Å². The van der Waals surface area contributed by atoms with Gasteiger partial charge < -0.3 is 21.1 Å². The fraction of sp³-hybridized carbons (Fsp3) is 0.474. The van der Waals surface area contributed by atoms with Crippen LogP contribution >= 0.6 is 0 Å². The molecule has 1 atom stereocenters. The number of nitrogens with zero attached hydrogens (tertiary/aromatic N) is 2. The first-order valence-electron chi connectivity index (χ1n) is 8.87. The second-order valence-electron chi connectivity index (χ2n) is 6.21. The first-order chi connectivity index (χ1) is 12.1. The minimum absolute atomic E-state index is 0.302. The summed E-state index contributed by atoms with van der Waals surface area (Å²) in [5.74, 6) is 1.96. The zero-order valence-corrected chi connectivity index (χ0v) is 15.4. The molecule has 0 fully saturated rings. The summed E-state index contributed by atoms with van der Waals surface area (Å²) in [6.07, 6.45) is 2.93. The van der Waals surface area contributed by atoms with E-state index in [1.807, 2.05) is 25.2 Å². The molecular weight excluding hydrogens is 314 g/mol. The number of hydrogen-bond acceptors (Lipinski definition) is 6. The van der Waals surface area contributed by atoms with Crippen molar-refractivity contribution in [3.63, 3.8) is 0 Å². The van der Waals surface area contributed by atoms with E-state index >= 15 is 0 Å². The van der Waals surface area contributed by atoms with Crippen LogP contribution in [0.4, 0.5) is 11.8 Å². The fourth-order valence-corrected chi connectivity index (χ4v) is 2.62. The average Bonchev–Trinajstić information content (AvgIpc) is 2.56. The Morgan fingerprint density at radius 1 is 1.20 bits per heavy atom. The standard InChI is InChI=1S/C19H29N5O/c1-4-5-14(2)22-18-13-16(23-19(20)24-18)12-15-6-8-17(9-7-15)25-11-10-21-3/h6-9,13-14,21H,4-5,10-12H2,1-3H3,(H3,20,22,23,24)/t14-/m1/s1. The lowest BCUT2D eigenvalue weighted by atomic mass is 10.1. The molecule has 0 bridgehead atoms. The largest absolute Gasteiger partial charge is 0.492 e. The third kappa shape index (κ3) is 6.58. The molecule has 2 aromatic rings. The third-order valence-electron chi connectivity index (χ3n) is 3.84. The lowest BCUT2D eigenvalue weighted by Gasteiger charge is -2.14. The van der Waals surface area contributed by atoms with Gasteiger partial charge in [-0.05, 0) is 38.1 Å². The Morgan fingerprint density at radius 2 is 1.96 bits per heavy atom. The van der Waals surface area contributed by atoms with Crippen LogP contribution in [0.3, 0.4) is 0 Å². The maximum absolute atomic E-state index is 5.87. The van der Waals surface area contributed by atoms with Crippen molar-refractivity contribution in [3.05, 3.63) is 41.6 Å². The minimum atomic E-state index is 0.302. The van der Waals surface area contributed by atoms with Gasteiger partial charge in [-0.1, -0.05) is 25.5 Å². The lowest BCUT2D eigenvalue weighted by Crippen LogP contribution is -2.16. The predicted octanol–water partition coefficient (Wildman–Crippen LogP) is 2.85. The molecule has 4 N–H and O–H groups in total. The molecule has 6 nitrogen and oxygen atoms in total. The van der Waals surface area contributed by atoms with Gasteiger partial charge in [0.1, 0.15) is 18.2 Å². The zero-order valence-electron chi connectivity index (χ0n) is 15.4. The number of nitrogens with one attached hydrogen (secondary N) is 2. The van der Waals surface area contributed by atoms with Crippen LogP contribution in [-0.2, 0) is 6.42 Å². The van der Waals surface area contributed by atoms with Crippen molar-refractivity contribution in [2.24, 2.45) is 0 Å². The van der Waals surface area contributed by atoms with E-state index in [0.29, 0.717) is 25.0 Å². The van der Waals surface area contributed by atoms with Crippen LogP contribution in [0.2, 0.25) is 0 Å². The van der Waals surface area contributed by atoms with E-state index in [-0.39, 0.29) is 0 Å². The molecule has 0 aliphatic heterocycles. The Bertz CT molecular complexity index is 645. The molecule has 0 aliphatic carbocycles. The van der Waals surface area contributed by atoms with Crippen molar-refractivity contribution in [1.29, 1.82) is 0 Å². The number of hydrogen-bond donors (Lipinski definition) is 3. The van der Waals surface area contributed by atoms with Gasteiger partial charge in [0.05, 0.1) is 5.69 Å². The summed E-state index contributed by atoms with van der Waals surface area (Å²) in [7, 11) is 1.91. The number of likely N-dealkylation sites (N-methyl/N-ethyl adjacent to an activating group) is 1. The average molecular weight is 343 g/mol. The van der Waals surface area contributed by atoms with Crippen LogP contribution in [0.25, 0.3) is 0 Å². The Labute approximate surface area is 150 Å². The van der Waals surface area contributed by atoms with Crippen molar-refractivity contribution in [1.82, 2.24) is 15.3 Å². The van der Waals surface area contributed by atoms with Gasteiger partial charge in [0, 0.05) is 25.1 Å². The number of nitrogen functional groups attached to an aromatic ring is 1. The van der Waals surface area contributed by atoms with Crippen molar-refractivity contribution in [3.8, 4) is 5.75 Å². The van der Waals surface area contributed by atoms with E-state index in [0.717, 1.165) is 42.2 Å². The number of benzene rings is 1. The molecule has 0 saturated heterocycles. The van der Waals surface area contributed by atoms with Crippen molar-refractivity contribution in [2.75, 3.05) is 31.2 Å². The summed E-state index contributed by atoms with van der Waals surface area (Å²) in [6, 6.07) is 10.4. The fourth-order valence-electron chi connectivity index (χ4n) is 2.62. The highest BCUT2D eigenvalue weighted by Gasteiger charge is 2.07. The summed E-state index contributed by atoms with van der Waals surface area (Å²) in [4.78, 5) is 8.64. The van der Waals surface area contributed by atoms with E-state index in [9.17, 15) is 0 Å². The molecule has 0 spiro atoms. The van der Waals surface area contributed by atoms with Gasteiger partial charge >= 0.3 is 0 Å². The summed E-state index contributed by atoms with van der Waals surface area (Å²) < 4.78 is 5.64. The Hall–Kier alpha value is -2.34. The van der Waals surface area contributed by atoms with Crippen LogP contribution in [0, 0.1) is 0 Å². The molecule has 1 aromatic heterocycles. The quantitative estimate of drug-likeness (QED) is 0.575. The number of rotatable bonds is 10. The molecule has 136 valence electrons. The third-order valence-corrected chi connectivity index (χ3v) is 3.84. The lowest BCUT2D eigenvalue weighted by molar-refractivity contribution is 0.318. The van der Waals surface area contributed by atoms with Gasteiger partial charge in [-0.2, -0.15) is 4.98 Å². The molecule has 0 radical (unpaired) electrons. The maximum Gasteiger partial charge on any atom is 0.222 e. The van der Waals surface area contributed by atoms with Crippen molar-refractivity contribution in [2.45, 2.75) is 39.2 Å². The highest BCUT2D eigenvalue weighted by molar-refractivity contribution is 5.42. The van der Waals surface area contributed by atoms with Gasteiger partial charge in [0.2, 0.25) is 5.95 Å². The highest BCUT2D eigenvalue weighted by atomic mass is 16.5. The molecule has 1 heterocycles. The normalized spacial score (nSPS) is 12.0. The molecule has 0 aliphatic rings. The zero-order chi connectivity index (χ0) is 18.1. The number of nitrogens with two attached hydrogens (primary N) is 1. The van der Waals surface area contributed by atoms with Crippen LogP contribution in [0.1, 0.15) is 37.9 Å². The van der Waals surface area contributed by atoms with Gasteiger partial charge in [0.15, 0.2) is 0 Å². The predicted molar refractivity (Wildman–Crippen MR) is 103 cm³/mol.